The molecule has 0 aliphatic carbocycles. The van der Waals surface area contributed by atoms with E-state index in [2.05, 4.69) is 20.5 Å². The third-order valence-corrected chi connectivity index (χ3v) is 7.12. The standard InChI is InChI=1S/C24H35N7O2S/c1-16(2)23(32)30-7-5-29(6-8-30)14-19-15-34-21-20(19)27-24(31-9-11-33-12-10-31)28-22(21)26-18(4)13-17(3)25/h13,15-16,25H,5-12,14H2,1-4H3,(H,26,27,28)/b18-13-,25-17?. The molecule has 2 fully saturated rings. The minimum absolute atomic E-state index is 0.0440. The Morgan fingerprint density at radius 1 is 1.18 bits per heavy atom. The number of anilines is 2. The predicted molar refractivity (Wildman–Crippen MR) is 138 cm³/mol. The largest absolute Gasteiger partial charge is 0.378 e. The van der Waals surface area contributed by atoms with Crippen LogP contribution in [0.5, 0.6) is 0 Å². The molecule has 0 bridgehead atoms. The van der Waals surface area contributed by atoms with E-state index < -0.39 is 0 Å². The van der Waals surface area contributed by atoms with Crippen LogP contribution in [0.2, 0.25) is 0 Å². The fourth-order valence-corrected chi connectivity index (χ4v) is 5.28. The predicted octanol–water partition coefficient (Wildman–Crippen LogP) is 3.18. The number of carbonyl (C=O) groups is 1. The average molecular weight is 486 g/mol. The topological polar surface area (TPSA) is 97.7 Å². The van der Waals surface area contributed by atoms with Crippen molar-refractivity contribution in [2.45, 2.75) is 34.2 Å². The van der Waals surface area contributed by atoms with Crippen LogP contribution in [0.25, 0.3) is 10.2 Å². The quantitative estimate of drug-likeness (QED) is 0.581. The van der Waals surface area contributed by atoms with Crippen LogP contribution in [0.3, 0.4) is 0 Å². The lowest BCUT2D eigenvalue weighted by Crippen LogP contribution is -2.49. The maximum atomic E-state index is 12.3. The number of hydrogen-bond donors (Lipinski definition) is 2. The highest BCUT2D eigenvalue weighted by atomic mass is 32.1. The van der Waals surface area contributed by atoms with Crippen LogP contribution < -0.4 is 10.2 Å². The average Bonchev–Trinajstić information content (AvgIpc) is 3.22. The number of ether oxygens (including phenoxy) is 1. The fraction of sp³-hybridized carbons (Fsp3) is 0.583. The second kappa shape index (κ2) is 10.8. The van der Waals surface area contributed by atoms with Gasteiger partial charge in [-0.15, -0.1) is 11.3 Å². The summed E-state index contributed by atoms with van der Waals surface area (Å²) in [5, 5.41) is 13.4. The molecule has 2 aliphatic rings. The summed E-state index contributed by atoms with van der Waals surface area (Å²) in [5.41, 5.74) is 3.53. The molecule has 9 nitrogen and oxygen atoms in total. The number of rotatable bonds is 7. The highest BCUT2D eigenvalue weighted by molar-refractivity contribution is 7.18. The van der Waals surface area contributed by atoms with E-state index in [1.165, 1.54) is 5.56 Å². The summed E-state index contributed by atoms with van der Waals surface area (Å²) in [5.74, 6) is 1.78. The molecular weight excluding hydrogens is 450 g/mol. The van der Waals surface area contributed by atoms with E-state index in [0.717, 1.165) is 67.5 Å². The first-order valence-corrected chi connectivity index (χ1v) is 12.8. The number of aromatic nitrogens is 2. The molecule has 184 valence electrons. The number of piperazine rings is 1. The third kappa shape index (κ3) is 5.73. The van der Waals surface area contributed by atoms with Gasteiger partial charge in [0.25, 0.3) is 0 Å². The van der Waals surface area contributed by atoms with Gasteiger partial charge < -0.3 is 25.3 Å². The SMILES string of the molecule is CC(=N)/C=C(/C)Nc1nc(N2CCOCC2)nc2c(CN3CCN(C(=O)C(C)C)CC3)csc12. The monoisotopic (exact) mass is 485 g/mol. The molecular formula is C24H35N7O2S. The Labute approximate surface area is 205 Å². The number of hydrogen-bond acceptors (Lipinski definition) is 9. The maximum Gasteiger partial charge on any atom is 0.228 e. The number of nitrogens with zero attached hydrogens (tertiary/aromatic N) is 5. The number of fused-ring (bicyclic) bond motifs is 1. The van der Waals surface area contributed by atoms with Gasteiger partial charge in [0.1, 0.15) is 0 Å². The van der Waals surface area contributed by atoms with Gasteiger partial charge in [0.15, 0.2) is 5.82 Å². The molecule has 4 heterocycles. The zero-order valence-corrected chi connectivity index (χ0v) is 21.4. The van der Waals surface area contributed by atoms with Crippen LogP contribution in [0, 0.1) is 11.3 Å². The van der Waals surface area contributed by atoms with E-state index in [0.29, 0.717) is 24.9 Å². The van der Waals surface area contributed by atoms with Crippen molar-refractivity contribution in [1.29, 1.82) is 5.41 Å². The van der Waals surface area contributed by atoms with E-state index in [4.69, 9.17) is 20.1 Å². The van der Waals surface area contributed by atoms with Gasteiger partial charge in [-0.2, -0.15) is 4.98 Å². The van der Waals surface area contributed by atoms with Gasteiger partial charge in [-0.3, -0.25) is 9.69 Å². The molecule has 1 amide bonds. The van der Waals surface area contributed by atoms with Crippen LogP contribution >= 0.6 is 11.3 Å². The minimum Gasteiger partial charge on any atom is -0.378 e. The van der Waals surface area contributed by atoms with Gasteiger partial charge in [0, 0.05) is 68.7 Å². The molecule has 0 unspecified atom stereocenters. The third-order valence-electron chi connectivity index (χ3n) is 6.09. The highest BCUT2D eigenvalue weighted by Gasteiger charge is 2.25. The number of allylic oxidation sites excluding steroid dienone is 2. The van der Waals surface area contributed by atoms with Crippen molar-refractivity contribution < 1.29 is 9.53 Å². The minimum atomic E-state index is 0.0440. The maximum absolute atomic E-state index is 12.3. The smallest absolute Gasteiger partial charge is 0.228 e. The molecule has 10 heteroatoms. The van der Waals surface area contributed by atoms with Gasteiger partial charge in [-0.05, 0) is 25.3 Å². The van der Waals surface area contributed by atoms with Crippen molar-refractivity contribution in [2.24, 2.45) is 5.92 Å². The molecule has 2 aromatic rings. The van der Waals surface area contributed by atoms with Crippen molar-refractivity contribution >= 4 is 44.9 Å². The molecule has 34 heavy (non-hydrogen) atoms. The molecule has 0 saturated carbocycles. The number of nitrogens with one attached hydrogen (secondary N) is 2. The molecule has 2 aliphatic heterocycles. The second-order valence-corrected chi connectivity index (χ2v) is 10.2. The highest BCUT2D eigenvalue weighted by Crippen LogP contribution is 2.33. The van der Waals surface area contributed by atoms with Crippen LogP contribution in [-0.2, 0) is 16.1 Å². The fourth-order valence-electron chi connectivity index (χ4n) is 4.34. The Morgan fingerprint density at radius 2 is 1.88 bits per heavy atom. The van der Waals surface area contributed by atoms with Gasteiger partial charge in [0.05, 0.1) is 23.4 Å². The summed E-state index contributed by atoms with van der Waals surface area (Å²) in [6.45, 7) is 14.6. The van der Waals surface area contributed by atoms with Gasteiger partial charge >= 0.3 is 0 Å². The molecule has 0 atom stereocenters. The lowest BCUT2D eigenvalue weighted by atomic mass is 10.1. The number of morpholine rings is 1. The zero-order valence-electron chi connectivity index (χ0n) is 20.6. The van der Waals surface area contributed by atoms with Crippen molar-refractivity contribution in [1.82, 2.24) is 19.8 Å². The van der Waals surface area contributed by atoms with Crippen LogP contribution in [0.4, 0.5) is 11.8 Å². The Balaban J connectivity index is 1.58. The summed E-state index contributed by atoms with van der Waals surface area (Å²) in [4.78, 5) is 28.7. The normalized spacial score (nSPS) is 18.1. The van der Waals surface area contributed by atoms with Crippen molar-refractivity contribution in [2.75, 3.05) is 62.7 Å². The Bertz CT molecular complexity index is 1070. The number of amides is 1. The van der Waals surface area contributed by atoms with Crippen molar-refractivity contribution in [3.8, 4) is 0 Å². The van der Waals surface area contributed by atoms with Crippen LogP contribution in [0.1, 0.15) is 33.3 Å². The molecule has 4 rings (SSSR count). The number of thiophene rings is 1. The molecule has 0 aromatic carbocycles. The first-order valence-electron chi connectivity index (χ1n) is 11.9. The molecule has 2 saturated heterocycles. The Morgan fingerprint density at radius 3 is 2.53 bits per heavy atom. The molecule has 2 aromatic heterocycles. The van der Waals surface area contributed by atoms with Crippen LogP contribution in [-0.4, -0.2) is 83.9 Å². The van der Waals surface area contributed by atoms with E-state index in [-0.39, 0.29) is 11.8 Å². The van der Waals surface area contributed by atoms with E-state index in [1.54, 1.807) is 24.3 Å². The van der Waals surface area contributed by atoms with Crippen molar-refractivity contribution in [3.05, 3.63) is 22.7 Å². The van der Waals surface area contributed by atoms with E-state index >= 15 is 0 Å². The van der Waals surface area contributed by atoms with Gasteiger partial charge in [0.2, 0.25) is 11.9 Å². The summed E-state index contributed by atoms with van der Waals surface area (Å²) in [6.07, 6.45) is 1.80. The summed E-state index contributed by atoms with van der Waals surface area (Å²) >= 11 is 1.65. The first-order chi connectivity index (χ1) is 16.3. The first kappa shape index (κ1) is 24.6. The molecule has 0 spiro atoms. The van der Waals surface area contributed by atoms with Crippen molar-refractivity contribution in [3.63, 3.8) is 0 Å². The van der Waals surface area contributed by atoms with Gasteiger partial charge in [-0.25, -0.2) is 4.98 Å². The summed E-state index contributed by atoms with van der Waals surface area (Å²) in [7, 11) is 0. The Kier molecular flexibility index (Phi) is 7.80. The van der Waals surface area contributed by atoms with E-state index in [9.17, 15) is 4.79 Å². The van der Waals surface area contributed by atoms with E-state index in [1.807, 2.05) is 25.7 Å². The summed E-state index contributed by atoms with van der Waals surface area (Å²) in [6, 6.07) is 0. The number of carbonyl (C=O) groups excluding carboxylic acids is 1. The molecule has 2 N–H and O–H groups in total. The molecule has 0 radical (unpaired) electrons. The zero-order chi connectivity index (χ0) is 24.2. The lowest BCUT2D eigenvalue weighted by molar-refractivity contribution is -0.136. The Hall–Kier alpha value is -2.56. The van der Waals surface area contributed by atoms with Crippen LogP contribution in [0.15, 0.2) is 17.2 Å². The van der Waals surface area contributed by atoms with Gasteiger partial charge in [-0.1, -0.05) is 13.8 Å². The second-order valence-electron chi connectivity index (χ2n) is 9.30. The summed E-state index contributed by atoms with van der Waals surface area (Å²) < 4.78 is 6.54. The lowest BCUT2D eigenvalue weighted by Gasteiger charge is -2.35.